The van der Waals surface area contributed by atoms with Crippen LogP contribution in [0.5, 0.6) is 0 Å². The van der Waals surface area contributed by atoms with Crippen molar-refractivity contribution in [1.29, 1.82) is 0 Å². The Morgan fingerprint density at radius 2 is 2.19 bits per heavy atom. The number of carbonyl (C=O) groups excluding carboxylic acids is 1. The molecule has 0 radical (unpaired) electrons. The number of hydrogen-bond donors (Lipinski definition) is 0. The van der Waals surface area contributed by atoms with Gasteiger partial charge in [0.05, 0.1) is 24.5 Å². The Labute approximate surface area is 151 Å². The highest BCUT2D eigenvalue weighted by atomic mass is 16.5. The van der Waals surface area contributed by atoms with Crippen LogP contribution in [0, 0.1) is 12.8 Å². The Morgan fingerprint density at radius 3 is 3.04 bits per heavy atom. The highest BCUT2D eigenvalue weighted by Gasteiger charge is 2.24. The van der Waals surface area contributed by atoms with Gasteiger partial charge >= 0.3 is 0 Å². The van der Waals surface area contributed by atoms with E-state index in [0.29, 0.717) is 31.9 Å². The normalized spacial score (nSPS) is 18.0. The first-order valence-corrected chi connectivity index (χ1v) is 8.78. The van der Waals surface area contributed by atoms with Gasteiger partial charge in [-0.1, -0.05) is 0 Å². The van der Waals surface area contributed by atoms with E-state index in [1.54, 1.807) is 16.9 Å². The number of ether oxygens (including phenoxy) is 1. The minimum Gasteiger partial charge on any atom is -0.379 e. The summed E-state index contributed by atoms with van der Waals surface area (Å²) < 4.78 is 7.50. The van der Waals surface area contributed by atoms with Crippen LogP contribution in [0.4, 0.5) is 0 Å². The Kier molecular flexibility index (Phi) is 4.62. The number of pyridine rings is 1. The molecule has 3 aromatic heterocycles. The molecular formula is C19H21N5O2. The fourth-order valence-electron chi connectivity index (χ4n) is 3.22. The molecule has 0 spiro atoms. The first-order chi connectivity index (χ1) is 12.7. The third-order valence-corrected chi connectivity index (χ3v) is 4.59. The number of aryl methyl sites for hydroxylation is 1. The number of aromatic nitrogens is 4. The maximum atomic E-state index is 12.8. The number of fused-ring (bicyclic) bond motifs is 1. The largest absolute Gasteiger partial charge is 0.379 e. The van der Waals surface area contributed by atoms with Crippen molar-refractivity contribution in [1.82, 2.24) is 24.5 Å². The van der Waals surface area contributed by atoms with Crippen molar-refractivity contribution in [3.63, 3.8) is 0 Å². The van der Waals surface area contributed by atoms with Crippen LogP contribution in [0.15, 0.2) is 42.9 Å². The van der Waals surface area contributed by atoms with E-state index < -0.39 is 0 Å². The summed E-state index contributed by atoms with van der Waals surface area (Å²) in [5.41, 5.74) is 3.32. The van der Waals surface area contributed by atoms with Gasteiger partial charge in [0.2, 0.25) is 0 Å². The highest BCUT2D eigenvalue weighted by Crippen LogP contribution is 2.15. The molecule has 134 valence electrons. The zero-order chi connectivity index (χ0) is 17.9. The fourth-order valence-corrected chi connectivity index (χ4v) is 3.22. The molecule has 0 N–H and O–H groups in total. The second kappa shape index (κ2) is 7.21. The second-order valence-electron chi connectivity index (χ2n) is 6.64. The molecule has 1 amide bonds. The number of imidazole rings is 1. The van der Waals surface area contributed by atoms with Gasteiger partial charge in [-0.3, -0.25) is 9.78 Å². The Balaban J connectivity index is 1.48. The van der Waals surface area contributed by atoms with Crippen LogP contribution in [0.2, 0.25) is 0 Å². The third-order valence-electron chi connectivity index (χ3n) is 4.59. The average molecular weight is 351 g/mol. The van der Waals surface area contributed by atoms with E-state index in [1.807, 2.05) is 42.3 Å². The summed E-state index contributed by atoms with van der Waals surface area (Å²) in [6, 6.07) is 7.65. The molecule has 26 heavy (non-hydrogen) atoms. The van der Waals surface area contributed by atoms with Crippen LogP contribution >= 0.6 is 0 Å². The van der Waals surface area contributed by atoms with Crippen LogP contribution < -0.4 is 0 Å². The van der Waals surface area contributed by atoms with E-state index in [4.69, 9.17) is 4.74 Å². The first kappa shape index (κ1) is 16.7. The molecular weight excluding hydrogens is 330 g/mol. The molecule has 0 aromatic carbocycles. The molecule has 7 nitrogen and oxygen atoms in total. The molecule has 7 heteroatoms. The molecule has 0 bridgehead atoms. The lowest BCUT2D eigenvalue weighted by atomic mass is 10.0. The summed E-state index contributed by atoms with van der Waals surface area (Å²) in [5.74, 6) is 0.208. The van der Waals surface area contributed by atoms with E-state index in [-0.39, 0.29) is 11.8 Å². The predicted molar refractivity (Wildman–Crippen MR) is 95.9 cm³/mol. The zero-order valence-corrected chi connectivity index (χ0v) is 14.7. The maximum Gasteiger partial charge on any atom is 0.255 e. The van der Waals surface area contributed by atoms with E-state index in [1.165, 1.54) is 0 Å². The molecule has 0 unspecified atom stereocenters. The van der Waals surface area contributed by atoms with E-state index in [9.17, 15) is 4.79 Å². The van der Waals surface area contributed by atoms with Crippen molar-refractivity contribution in [2.75, 3.05) is 26.3 Å². The van der Waals surface area contributed by atoms with Crippen LogP contribution in [0.25, 0.3) is 5.65 Å². The molecule has 4 rings (SSSR count). The molecule has 1 saturated heterocycles. The van der Waals surface area contributed by atoms with Gasteiger partial charge in [-0.15, -0.1) is 0 Å². The summed E-state index contributed by atoms with van der Waals surface area (Å²) in [6.07, 6.45) is 5.97. The topological polar surface area (TPSA) is 72.6 Å². The molecule has 0 aliphatic carbocycles. The Morgan fingerprint density at radius 1 is 1.27 bits per heavy atom. The lowest BCUT2D eigenvalue weighted by molar-refractivity contribution is 0.0737. The molecule has 1 aliphatic rings. The molecule has 1 fully saturated rings. The van der Waals surface area contributed by atoms with Crippen molar-refractivity contribution in [3.8, 4) is 0 Å². The minimum absolute atomic E-state index is 0.00557. The van der Waals surface area contributed by atoms with Crippen molar-refractivity contribution >= 4 is 11.6 Å². The SMILES string of the molecule is Cc1ccc(C(=O)N2CCOC[C@@H](Cc3ccc4nccn4n3)C2)cn1. The maximum absolute atomic E-state index is 12.8. The van der Waals surface area contributed by atoms with Crippen LogP contribution in [-0.4, -0.2) is 56.7 Å². The number of amides is 1. The van der Waals surface area contributed by atoms with Crippen molar-refractivity contribution in [2.45, 2.75) is 13.3 Å². The number of nitrogens with zero attached hydrogens (tertiary/aromatic N) is 5. The van der Waals surface area contributed by atoms with Gasteiger partial charge in [0.25, 0.3) is 5.91 Å². The zero-order valence-electron chi connectivity index (χ0n) is 14.7. The Hall–Kier alpha value is -2.80. The Bertz CT molecular complexity index is 906. The van der Waals surface area contributed by atoms with Gasteiger partial charge in [0.1, 0.15) is 0 Å². The van der Waals surface area contributed by atoms with Crippen molar-refractivity contribution < 1.29 is 9.53 Å². The molecule has 4 heterocycles. The smallest absolute Gasteiger partial charge is 0.255 e. The van der Waals surface area contributed by atoms with E-state index >= 15 is 0 Å². The molecule has 3 aromatic rings. The number of rotatable bonds is 3. The monoisotopic (exact) mass is 351 g/mol. The van der Waals surface area contributed by atoms with Gasteiger partial charge in [0, 0.05) is 43.3 Å². The van der Waals surface area contributed by atoms with E-state index in [0.717, 1.165) is 23.5 Å². The summed E-state index contributed by atoms with van der Waals surface area (Å²) in [6.45, 7) is 4.33. The number of carbonyl (C=O) groups is 1. The number of hydrogen-bond acceptors (Lipinski definition) is 5. The summed E-state index contributed by atoms with van der Waals surface area (Å²) in [7, 11) is 0. The van der Waals surface area contributed by atoms with Crippen LogP contribution in [-0.2, 0) is 11.2 Å². The molecule has 1 aliphatic heterocycles. The molecule has 1 atom stereocenters. The van der Waals surface area contributed by atoms with Crippen LogP contribution in [0.3, 0.4) is 0 Å². The fraction of sp³-hybridized carbons (Fsp3) is 0.368. The minimum atomic E-state index is 0.00557. The summed E-state index contributed by atoms with van der Waals surface area (Å²) in [5, 5.41) is 4.58. The summed E-state index contributed by atoms with van der Waals surface area (Å²) in [4.78, 5) is 23.1. The third kappa shape index (κ3) is 3.57. The second-order valence-corrected chi connectivity index (χ2v) is 6.64. The first-order valence-electron chi connectivity index (χ1n) is 8.78. The quantitative estimate of drug-likeness (QED) is 0.719. The van der Waals surface area contributed by atoms with Gasteiger partial charge < -0.3 is 9.64 Å². The standard InChI is InChI=1S/C19H21N5O2/c1-14-2-3-16(11-21-14)19(25)23-8-9-26-13-15(12-23)10-17-4-5-18-20-6-7-24(18)22-17/h2-7,11,15H,8-10,12-13H2,1H3/t15-/m0/s1. The van der Waals surface area contributed by atoms with Crippen molar-refractivity contribution in [3.05, 3.63) is 59.8 Å². The highest BCUT2D eigenvalue weighted by molar-refractivity contribution is 5.93. The van der Waals surface area contributed by atoms with Crippen molar-refractivity contribution in [2.24, 2.45) is 5.92 Å². The lowest BCUT2D eigenvalue weighted by Crippen LogP contribution is -2.36. The van der Waals surface area contributed by atoms with E-state index in [2.05, 4.69) is 15.1 Å². The molecule has 0 saturated carbocycles. The predicted octanol–water partition coefficient (Wildman–Crippen LogP) is 1.76. The van der Waals surface area contributed by atoms with Gasteiger partial charge in [-0.05, 0) is 37.6 Å². The van der Waals surface area contributed by atoms with Gasteiger partial charge in [0.15, 0.2) is 5.65 Å². The van der Waals surface area contributed by atoms with Gasteiger partial charge in [-0.25, -0.2) is 9.50 Å². The lowest BCUT2D eigenvalue weighted by Gasteiger charge is -2.23. The average Bonchev–Trinajstić information content (AvgIpc) is 2.99. The summed E-state index contributed by atoms with van der Waals surface area (Å²) >= 11 is 0. The van der Waals surface area contributed by atoms with Gasteiger partial charge in [-0.2, -0.15) is 5.10 Å². The van der Waals surface area contributed by atoms with Crippen LogP contribution in [0.1, 0.15) is 21.7 Å².